The average molecular weight is 246 g/mol. The number of hydrogen-bond donors (Lipinski definition) is 2. The molecule has 2 rings (SSSR count). The summed E-state index contributed by atoms with van der Waals surface area (Å²) in [4.78, 5) is 12.5. The molecule has 2 N–H and O–H groups in total. The predicted molar refractivity (Wildman–Crippen MR) is 71.6 cm³/mol. The van der Waals surface area contributed by atoms with Gasteiger partial charge in [-0.25, -0.2) is 15.0 Å². The first-order valence-corrected chi connectivity index (χ1v) is 6.06. The molecule has 18 heavy (non-hydrogen) atoms. The monoisotopic (exact) mass is 246 g/mol. The van der Waals surface area contributed by atoms with E-state index in [0.29, 0.717) is 0 Å². The average Bonchev–Trinajstić information content (AvgIpc) is 2.87. The number of rotatable bonds is 6. The first-order valence-electron chi connectivity index (χ1n) is 6.06. The maximum atomic E-state index is 4.25. The van der Waals surface area contributed by atoms with Crippen LogP contribution in [0.3, 0.4) is 0 Å². The van der Waals surface area contributed by atoms with Crippen LogP contribution < -0.4 is 10.6 Å². The second-order valence-electron chi connectivity index (χ2n) is 3.95. The molecule has 6 heteroatoms. The zero-order valence-electron chi connectivity index (χ0n) is 10.7. The molecule has 0 spiro atoms. The Bertz CT molecular complexity index is 479. The molecule has 0 saturated heterocycles. The standard InChI is InChI=1S/C12H18N6/c1-3-14-11-10(2)12(17-8-16-11)15-5-7-18-6-4-13-9-18/h4,6,8-9H,3,5,7H2,1-2H3,(H2,14,15,16,17). The van der Waals surface area contributed by atoms with Crippen LogP contribution in [0.25, 0.3) is 0 Å². The Hall–Kier alpha value is -2.11. The van der Waals surface area contributed by atoms with Crippen LogP contribution in [-0.4, -0.2) is 32.6 Å². The van der Waals surface area contributed by atoms with Crippen LogP contribution in [0.2, 0.25) is 0 Å². The number of imidazole rings is 1. The van der Waals surface area contributed by atoms with Gasteiger partial charge in [-0.3, -0.25) is 0 Å². The van der Waals surface area contributed by atoms with Crippen molar-refractivity contribution in [3.63, 3.8) is 0 Å². The normalized spacial score (nSPS) is 10.3. The van der Waals surface area contributed by atoms with Crippen molar-refractivity contribution in [2.45, 2.75) is 20.4 Å². The quantitative estimate of drug-likeness (QED) is 0.809. The molecule has 2 aromatic heterocycles. The van der Waals surface area contributed by atoms with Crippen molar-refractivity contribution in [1.29, 1.82) is 0 Å². The molecule has 0 unspecified atom stereocenters. The minimum Gasteiger partial charge on any atom is -0.370 e. The van der Waals surface area contributed by atoms with E-state index >= 15 is 0 Å². The fourth-order valence-electron chi connectivity index (χ4n) is 1.70. The van der Waals surface area contributed by atoms with E-state index in [0.717, 1.165) is 36.8 Å². The van der Waals surface area contributed by atoms with Gasteiger partial charge in [-0.2, -0.15) is 0 Å². The molecule has 0 amide bonds. The summed E-state index contributed by atoms with van der Waals surface area (Å²) in [6.07, 6.45) is 7.10. The minimum atomic E-state index is 0.805. The molecule has 96 valence electrons. The third kappa shape index (κ3) is 2.97. The zero-order chi connectivity index (χ0) is 12.8. The lowest BCUT2D eigenvalue weighted by Crippen LogP contribution is -2.12. The molecule has 6 nitrogen and oxygen atoms in total. The van der Waals surface area contributed by atoms with Crippen molar-refractivity contribution in [2.24, 2.45) is 0 Å². The van der Waals surface area contributed by atoms with Gasteiger partial charge in [0, 0.05) is 37.6 Å². The van der Waals surface area contributed by atoms with Gasteiger partial charge in [0.15, 0.2) is 0 Å². The molecule has 0 radical (unpaired) electrons. The van der Waals surface area contributed by atoms with Crippen molar-refractivity contribution < 1.29 is 0 Å². The Kier molecular flexibility index (Phi) is 4.11. The van der Waals surface area contributed by atoms with E-state index in [1.165, 1.54) is 0 Å². The summed E-state index contributed by atoms with van der Waals surface area (Å²) < 4.78 is 2.02. The van der Waals surface area contributed by atoms with E-state index in [1.54, 1.807) is 18.9 Å². The molecule has 0 atom stereocenters. The lowest BCUT2D eigenvalue weighted by atomic mass is 10.3. The molecule has 0 aliphatic carbocycles. The third-order valence-corrected chi connectivity index (χ3v) is 2.65. The molecule has 0 aromatic carbocycles. The number of nitrogens with zero attached hydrogens (tertiary/aromatic N) is 4. The number of hydrogen-bond acceptors (Lipinski definition) is 5. The summed E-state index contributed by atoms with van der Waals surface area (Å²) in [7, 11) is 0. The first-order chi connectivity index (χ1) is 8.81. The molecule has 2 aromatic rings. The summed E-state index contributed by atoms with van der Waals surface area (Å²) in [5.74, 6) is 1.76. The Morgan fingerprint density at radius 2 is 2.00 bits per heavy atom. The molecule has 0 saturated carbocycles. The highest BCUT2D eigenvalue weighted by Crippen LogP contribution is 2.17. The van der Waals surface area contributed by atoms with Crippen molar-refractivity contribution >= 4 is 11.6 Å². The van der Waals surface area contributed by atoms with Crippen molar-refractivity contribution in [2.75, 3.05) is 23.7 Å². The lowest BCUT2D eigenvalue weighted by Gasteiger charge is -2.12. The number of aromatic nitrogens is 4. The van der Waals surface area contributed by atoms with Crippen LogP contribution in [0.1, 0.15) is 12.5 Å². The Labute approximate surface area is 106 Å². The minimum absolute atomic E-state index is 0.805. The molecular weight excluding hydrogens is 228 g/mol. The first kappa shape index (κ1) is 12.3. The van der Waals surface area contributed by atoms with Gasteiger partial charge in [0.05, 0.1) is 6.33 Å². The number of anilines is 2. The van der Waals surface area contributed by atoms with Crippen LogP contribution in [-0.2, 0) is 6.54 Å². The summed E-state index contributed by atoms with van der Waals surface area (Å²) in [5, 5.41) is 6.52. The van der Waals surface area contributed by atoms with Crippen molar-refractivity contribution in [3.05, 3.63) is 30.6 Å². The zero-order valence-corrected chi connectivity index (χ0v) is 10.7. The fraction of sp³-hybridized carbons (Fsp3) is 0.417. The van der Waals surface area contributed by atoms with E-state index in [9.17, 15) is 0 Å². The topological polar surface area (TPSA) is 67.7 Å². The highest BCUT2D eigenvalue weighted by atomic mass is 15.1. The van der Waals surface area contributed by atoms with Gasteiger partial charge in [0.25, 0.3) is 0 Å². The van der Waals surface area contributed by atoms with Crippen LogP contribution in [0.15, 0.2) is 25.0 Å². The summed E-state index contributed by atoms with van der Waals surface area (Å²) in [6, 6.07) is 0. The summed E-state index contributed by atoms with van der Waals surface area (Å²) in [5.41, 5.74) is 1.05. The Morgan fingerprint density at radius 1 is 1.22 bits per heavy atom. The second kappa shape index (κ2) is 6.00. The lowest BCUT2D eigenvalue weighted by molar-refractivity contribution is 0.724. The summed E-state index contributed by atoms with van der Waals surface area (Å²) >= 11 is 0. The van der Waals surface area contributed by atoms with Crippen LogP contribution in [0.4, 0.5) is 11.6 Å². The Balaban J connectivity index is 1.94. The van der Waals surface area contributed by atoms with Crippen molar-refractivity contribution in [1.82, 2.24) is 19.5 Å². The maximum Gasteiger partial charge on any atom is 0.134 e. The van der Waals surface area contributed by atoms with Gasteiger partial charge in [0.1, 0.15) is 18.0 Å². The second-order valence-corrected chi connectivity index (χ2v) is 3.95. The predicted octanol–water partition coefficient (Wildman–Crippen LogP) is 1.53. The third-order valence-electron chi connectivity index (χ3n) is 2.65. The Morgan fingerprint density at radius 3 is 2.67 bits per heavy atom. The molecule has 0 aliphatic heterocycles. The van der Waals surface area contributed by atoms with E-state index in [4.69, 9.17) is 0 Å². The number of nitrogens with one attached hydrogen (secondary N) is 2. The van der Waals surface area contributed by atoms with Gasteiger partial charge in [0.2, 0.25) is 0 Å². The molecule has 0 fully saturated rings. The van der Waals surface area contributed by atoms with Gasteiger partial charge >= 0.3 is 0 Å². The van der Waals surface area contributed by atoms with E-state index in [1.807, 2.05) is 24.6 Å². The van der Waals surface area contributed by atoms with E-state index in [-0.39, 0.29) is 0 Å². The molecule has 2 heterocycles. The van der Waals surface area contributed by atoms with Crippen LogP contribution in [0.5, 0.6) is 0 Å². The largest absolute Gasteiger partial charge is 0.370 e. The van der Waals surface area contributed by atoms with Gasteiger partial charge < -0.3 is 15.2 Å². The van der Waals surface area contributed by atoms with Gasteiger partial charge in [-0.15, -0.1) is 0 Å². The van der Waals surface area contributed by atoms with Gasteiger partial charge in [-0.1, -0.05) is 0 Å². The highest BCUT2D eigenvalue weighted by molar-refractivity contribution is 5.56. The van der Waals surface area contributed by atoms with Crippen LogP contribution in [0, 0.1) is 6.92 Å². The van der Waals surface area contributed by atoms with E-state index < -0.39 is 0 Å². The maximum absolute atomic E-state index is 4.25. The van der Waals surface area contributed by atoms with Crippen LogP contribution >= 0.6 is 0 Å². The molecule has 0 aliphatic rings. The SMILES string of the molecule is CCNc1ncnc(NCCn2ccnc2)c1C. The highest BCUT2D eigenvalue weighted by Gasteiger charge is 2.05. The van der Waals surface area contributed by atoms with E-state index in [2.05, 4.69) is 25.6 Å². The summed E-state index contributed by atoms with van der Waals surface area (Å²) in [6.45, 7) is 6.58. The molecule has 0 bridgehead atoms. The van der Waals surface area contributed by atoms with Crippen molar-refractivity contribution in [3.8, 4) is 0 Å². The smallest absolute Gasteiger partial charge is 0.134 e. The fourth-order valence-corrected chi connectivity index (χ4v) is 1.70. The van der Waals surface area contributed by atoms with Gasteiger partial charge in [-0.05, 0) is 13.8 Å². The molecular formula is C12H18N6.